The second kappa shape index (κ2) is 6.57. The molecule has 106 valence electrons. The molecule has 2 aromatic carbocycles. The minimum absolute atomic E-state index is 0.858. The van der Waals surface area contributed by atoms with Crippen molar-refractivity contribution in [1.29, 1.82) is 0 Å². The number of rotatable bonds is 4. The number of hydrogen-bond acceptors (Lipinski definition) is 3. The summed E-state index contributed by atoms with van der Waals surface area (Å²) >= 11 is 0.602. The molecule has 0 spiro atoms. The van der Waals surface area contributed by atoms with Gasteiger partial charge in [0.25, 0.3) is 0 Å². The number of ether oxygens (including phenoxy) is 1. The molecule has 0 heterocycles. The van der Waals surface area contributed by atoms with Crippen LogP contribution in [0.2, 0.25) is 0 Å². The molecule has 2 rings (SSSR count). The molecule has 1 unspecified atom stereocenters. The lowest BCUT2D eigenvalue weighted by molar-refractivity contribution is 0.415. The summed E-state index contributed by atoms with van der Waals surface area (Å²) in [5.41, 5.74) is 2.19. The van der Waals surface area contributed by atoms with Gasteiger partial charge < -0.3 is 9.29 Å². The zero-order valence-electron chi connectivity index (χ0n) is 12.1. The van der Waals surface area contributed by atoms with Crippen molar-refractivity contribution >= 4 is 39.3 Å². The molecule has 0 aliphatic carbocycles. The standard InChI is InChI=1S/C16H18O2S2/c1-11(16(19-3)20(4)17)12-5-6-14-10-15(18-2)8-7-13(14)9-12/h5-10H,1-4H3/b16-11+. The first-order chi connectivity index (χ1) is 9.56. The first-order valence-corrected chi connectivity index (χ1v) is 9.01. The van der Waals surface area contributed by atoms with Crippen LogP contribution in [-0.4, -0.2) is 24.2 Å². The number of benzene rings is 2. The predicted octanol–water partition coefficient (Wildman–Crippen LogP) is 4.28. The lowest BCUT2D eigenvalue weighted by Gasteiger charge is -2.11. The third kappa shape index (κ3) is 3.14. The summed E-state index contributed by atoms with van der Waals surface area (Å²) in [7, 11) is 1.67. The Hall–Kier alpha value is -1.10. The molecule has 0 saturated carbocycles. The molecule has 20 heavy (non-hydrogen) atoms. The normalized spacial score (nSPS) is 14.1. The lowest BCUT2D eigenvalue weighted by atomic mass is 10.0. The zero-order chi connectivity index (χ0) is 14.7. The van der Waals surface area contributed by atoms with Crippen LogP contribution >= 0.6 is 11.8 Å². The van der Waals surface area contributed by atoms with Gasteiger partial charge in [-0.25, -0.2) is 0 Å². The van der Waals surface area contributed by atoms with E-state index in [1.807, 2.05) is 31.4 Å². The van der Waals surface area contributed by atoms with Crippen molar-refractivity contribution in [3.8, 4) is 5.75 Å². The van der Waals surface area contributed by atoms with E-state index in [0.29, 0.717) is 0 Å². The molecule has 0 N–H and O–H groups in total. The molecule has 0 fully saturated rings. The summed E-state index contributed by atoms with van der Waals surface area (Å²) in [6.45, 7) is 2.03. The first-order valence-electron chi connectivity index (χ1n) is 6.23. The maximum atomic E-state index is 11.8. The molecule has 0 aliphatic heterocycles. The van der Waals surface area contributed by atoms with Crippen molar-refractivity contribution in [2.45, 2.75) is 6.92 Å². The molecular weight excluding hydrogens is 288 g/mol. The summed E-state index contributed by atoms with van der Waals surface area (Å²) in [4.78, 5) is 0. The smallest absolute Gasteiger partial charge is 0.189 e. The maximum absolute atomic E-state index is 11.8. The Morgan fingerprint density at radius 2 is 1.80 bits per heavy atom. The highest BCUT2D eigenvalue weighted by Crippen LogP contribution is 2.31. The Balaban J connectivity index is 2.51. The molecule has 0 aliphatic rings. The fourth-order valence-corrected chi connectivity index (χ4v) is 4.10. The molecule has 0 saturated heterocycles. The Kier molecular flexibility index (Phi) is 5.02. The van der Waals surface area contributed by atoms with E-state index in [9.17, 15) is 4.55 Å². The number of allylic oxidation sites excluding steroid dienone is 1. The minimum Gasteiger partial charge on any atom is -0.611 e. The minimum atomic E-state index is -0.950. The van der Waals surface area contributed by atoms with E-state index in [2.05, 4.69) is 18.2 Å². The molecule has 4 heteroatoms. The van der Waals surface area contributed by atoms with Crippen molar-refractivity contribution in [3.63, 3.8) is 0 Å². The van der Waals surface area contributed by atoms with Crippen LogP contribution in [0.1, 0.15) is 12.5 Å². The highest BCUT2D eigenvalue weighted by molar-refractivity contribution is 8.18. The molecule has 1 atom stereocenters. The van der Waals surface area contributed by atoms with Crippen LogP contribution in [0.25, 0.3) is 16.3 Å². The molecule has 2 nitrogen and oxygen atoms in total. The van der Waals surface area contributed by atoms with E-state index in [-0.39, 0.29) is 0 Å². The van der Waals surface area contributed by atoms with Gasteiger partial charge in [0.15, 0.2) is 4.24 Å². The van der Waals surface area contributed by atoms with Gasteiger partial charge in [-0.2, -0.15) is 0 Å². The SMILES string of the molecule is COc1ccc2cc(/C(C)=C(\SC)[S+](C)[O-])ccc2c1. The molecule has 0 bridgehead atoms. The van der Waals surface area contributed by atoms with E-state index in [1.165, 1.54) is 0 Å². The summed E-state index contributed by atoms with van der Waals surface area (Å²) in [6.07, 6.45) is 3.69. The maximum Gasteiger partial charge on any atom is 0.189 e. The van der Waals surface area contributed by atoms with Crippen LogP contribution in [0, 0.1) is 0 Å². The molecule has 0 aromatic heterocycles. The fourth-order valence-electron chi connectivity index (χ4n) is 2.19. The van der Waals surface area contributed by atoms with E-state index >= 15 is 0 Å². The van der Waals surface area contributed by atoms with Crippen molar-refractivity contribution in [2.75, 3.05) is 19.6 Å². The molecular formula is C16H18O2S2. The van der Waals surface area contributed by atoms with Crippen LogP contribution in [0.4, 0.5) is 0 Å². The van der Waals surface area contributed by atoms with Gasteiger partial charge in [0.1, 0.15) is 12.0 Å². The summed E-state index contributed by atoms with van der Waals surface area (Å²) in [6, 6.07) is 12.3. The van der Waals surface area contributed by atoms with E-state index in [1.54, 1.807) is 25.1 Å². The predicted molar refractivity (Wildman–Crippen MR) is 90.7 cm³/mol. The second-order valence-electron chi connectivity index (χ2n) is 4.50. The Bertz CT molecular complexity index is 648. The van der Waals surface area contributed by atoms with Gasteiger partial charge in [-0.15, -0.1) is 0 Å². The Labute approximate surface area is 127 Å². The van der Waals surface area contributed by atoms with Gasteiger partial charge in [-0.3, -0.25) is 0 Å². The first kappa shape index (κ1) is 15.3. The molecule has 0 radical (unpaired) electrons. The monoisotopic (exact) mass is 306 g/mol. The summed E-state index contributed by atoms with van der Waals surface area (Å²) < 4.78 is 17.9. The van der Waals surface area contributed by atoms with Crippen LogP contribution in [0.5, 0.6) is 5.75 Å². The largest absolute Gasteiger partial charge is 0.611 e. The van der Waals surface area contributed by atoms with Crippen LogP contribution in [-0.2, 0) is 11.2 Å². The second-order valence-corrected chi connectivity index (χ2v) is 6.89. The lowest BCUT2D eigenvalue weighted by Crippen LogP contribution is -2.00. The van der Waals surface area contributed by atoms with Crippen molar-refractivity contribution in [1.82, 2.24) is 0 Å². The highest BCUT2D eigenvalue weighted by atomic mass is 32.3. The highest BCUT2D eigenvalue weighted by Gasteiger charge is 2.13. The van der Waals surface area contributed by atoms with Gasteiger partial charge in [0.05, 0.1) is 7.11 Å². The third-order valence-electron chi connectivity index (χ3n) is 3.23. The van der Waals surface area contributed by atoms with Crippen molar-refractivity contribution < 1.29 is 9.29 Å². The number of methoxy groups -OCH3 is 1. The van der Waals surface area contributed by atoms with Crippen LogP contribution in [0.3, 0.4) is 0 Å². The van der Waals surface area contributed by atoms with Gasteiger partial charge >= 0.3 is 0 Å². The Morgan fingerprint density at radius 1 is 1.15 bits per heavy atom. The fraction of sp³-hybridized carbons (Fsp3) is 0.250. The van der Waals surface area contributed by atoms with Gasteiger partial charge in [-0.05, 0) is 58.9 Å². The average Bonchev–Trinajstić information content (AvgIpc) is 2.46. The number of fused-ring (bicyclic) bond motifs is 1. The van der Waals surface area contributed by atoms with Gasteiger partial charge in [-0.1, -0.05) is 30.0 Å². The number of hydrogen-bond donors (Lipinski definition) is 0. The third-order valence-corrected chi connectivity index (χ3v) is 5.94. The Morgan fingerprint density at radius 3 is 2.40 bits per heavy atom. The average molecular weight is 306 g/mol. The van der Waals surface area contributed by atoms with Crippen LogP contribution < -0.4 is 4.74 Å². The molecule has 0 amide bonds. The van der Waals surface area contributed by atoms with Crippen LogP contribution in [0.15, 0.2) is 40.6 Å². The topological polar surface area (TPSA) is 32.3 Å². The van der Waals surface area contributed by atoms with Crippen molar-refractivity contribution in [2.24, 2.45) is 0 Å². The van der Waals surface area contributed by atoms with E-state index < -0.39 is 11.2 Å². The summed E-state index contributed by atoms with van der Waals surface area (Å²) in [5, 5.41) is 2.30. The van der Waals surface area contributed by atoms with Gasteiger partial charge in [0, 0.05) is 5.57 Å². The van der Waals surface area contributed by atoms with E-state index in [0.717, 1.165) is 31.9 Å². The van der Waals surface area contributed by atoms with Crippen molar-refractivity contribution in [3.05, 3.63) is 46.2 Å². The van der Waals surface area contributed by atoms with E-state index in [4.69, 9.17) is 4.74 Å². The quantitative estimate of drug-likeness (QED) is 0.790. The summed E-state index contributed by atoms with van der Waals surface area (Å²) in [5.74, 6) is 0.858. The van der Waals surface area contributed by atoms with Gasteiger partial charge in [0.2, 0.25) is 0 Å². The number of thioether (sulfide) groups is 1. The molecule has 2 aromatic rings. The zero-order valence-corrected chi connectivity index (χ0v) is 13.7.